The minimum atomic E-state index is -0.305. The van der Waals surface area contributed by atoms with Crippen molar-refractivity contribution >= 4 is 40.0 Å². The Balaban J connectivity index is 1.87. The van der Waals surface area contributed by atoms with Gasteiger partial charge in [0.25, 0.3) is 5.91 Å². The van der Waals surface area contributed by atoms with Crippen molar-refractivity contribution in [3.05, 3.63) is 65.0 Å². The minimum absolute atomic E-state index is 0.305. The average Bonchev–Trinajstić information content (AvgIpc) is 2.58. The lowest BCUT2D eigenvalue weighted by Crippen LogP contribution is -2.21. The molecule has 1 aromatic heterocycles. The zero-order valence-corrected chi connectivity index (χ0v) is 13.2. The Morgan fingerprint density at radius 3 is 2.77 bits per heavy atom. The highest BCUT2D eigenvalue weighted by Gasteiger charge is 2.23. The zero-order chi connectivity index (χ0) is 15.4. The first-order valence-corrected chi connectivity index (χ1v) is 8.08. The van der Waals surface area contributed by atoms with E-state index in [9.17, 15) is 4.79 Å². The fourth-order valence-electron chi connectivity index (χ4n) is 2.01. The largest absolute Gasteiger partial charge is 0.486 e. The average molecular weight is 333 g/mol. The van der Waals surface area contributed by atoms with E-state index in [0.29, 0.717) is 23.2 Å². The number of benzene rings is 1. The molecule has 22 heavy (non-hydrogen) atoms. The number of thioether (sulfide) groups is 1. The van der Waals surface area contributed by atoms with E-state index < -0.39 is 0 Å². The van der Waals surface area contributed by atoms with Crippen LogP contribution < -0.4 is 5.32 Å². The molecule has 0 aliphatic carbocycles. The summed E-state index contributed by atoms with van der Waals surface area (Å²) in [4.78, 5) is 17.4. The second-order valence-corrected chi connectivity index (χ2v) is 6.08. The van der Waals surface area contributed by atoms with Gasteiger partial charge in [-0.2, -0.15) is 0 Å². The summed E-state index contributed by atoms with van der Waals surface area (Å²) in [5, 5.41) is 3.25. The van der Waals surface area contributed by atoms with Gasteiger partial charge in [-0.05, 0) is 17.7 Å². The van der Waals surface area contributed by atoms with Gasteiger partial charge >= 0.3 is 0 Å². The molecule has 2 heterocycles. The third-order valence-corrected chi connectivity index (χ3v) is 4.30. The Hall–Kier alpha value is -1.98. The number of hydrogen-bond acceptors (Lipinski definition) is 4. The van der Waals surface area contributed by atoms with Gasteiger partial charge in [-0.15, -0.1) is 11.8 Å². The predicted molar refractivity (Wildman–Crippen MR) is 89.6 cm³/mol. The molecule has 0 fully saturated rings. The predicted octanol–water partition coefficient (Wildman–Crippen LogP) is 3.81. The van der Waals surface area contributed by atoms with Crippen LogP contribution >= 0.6 is 23.4 Å². The van der Waals surface area contributed by atoms with Crippen LogP contribution in [0.4, 0.5) is 5.82 Å². The first-order valence-electron chi connectivity index (χ1n) is 6.72. The van der Waals surface area contributed by atoms with E-state index in [2.05, 4.69) is 10.3 Å². The highest BCUT2D eigenvalue weighted by atomic mass is 35.5. The molecule has 0 unspecified atom stereocenters. The Morgan fingerprint density at radius 2 is 2.05 bits per heavy atom. The molecule has 0 saturated heterocycles. The van der Waals surface area contributed by atoms with E-state index in [4.69, 9.17) is 16.3 Å². The van der Waals surface area contributed by atoms with Gasteiger partial charge in [-0.3, -0.25) is 4.79 Å². The highest BCUT2D eigenvalue weighted by Crippen LogP contribution is 2.34. The number of amides is 1. The van der Waals surface area contributed by atoms with Gasteiger partial charge in [0.1, 0.15) is 5.82 Å². The number of pyridine rings is 1. The standard InChI is InChI=1S/C16H13ClN2O2S/c17-12-6-7-13(18-10-12)19-16(20)14-15(22-9-8-21-14)11-4-2-1-3-5-11/h1-7,10H,8-9H2,(H,18,19,20). The van der Waals surface area contributed by atoms with Crippen LogP contribution in [0.3, 0.4) is 0 Å². The van der Waals surface area contributed by atoms with E-state index in [0.717, 1.165) is 16.2 Å². The summed E-state index contributed by atoms with van der Waals surface area (Å²) in [6.07, 6.45) is 1.49. The Labute approximate surface area is 137 Å². The number of nitrogens with zero attached hydrogens (tertiary/aromatic N) is 1. The van der Waals surface area contributed by atoms with Gasteiger partial charge < -0.3 is 10.1 Å². The van der Waals surface area contributed by atoms with Crippen LogP contribution in [-0.4, -0.2) is 23.3 Å². The molecule has 4 nitrogen and oxygen atoms in total. The SMILES string of the molecule is O=C(Nc1ccc(Cl)cn1)C1=C(c2ccccc2)SCCO1. The molecule has 112 valence electrons. The normalized spacial score (nSPS) is 14.4. The molecule has 0 bridgehead atoms. The van der Waals surface area contributed by atoms with Crippen LogP contribution in [-0.2, 0) is 9.53 Å². The van der Waals surface area contributed by atoms with Gasteiger partial charge in [0.05, 0.1) is 16.5 Å². The van der Waals surface area contributed by atoms with Crippen LogP contribution in [0.2, 0.25) is 5.02 Å². The van der Waals surface area contributed by atoms with Crippen molar-refractivity contribution < 1.29 is 9.53 Å². The molecule has 1 aromatic carbocycles. The van der Waals surface area contributed by atoms with Gasteiger partial charge in [0.2, 0.25) is 0 Å². The summed E-state index contributed by atoms with van der Waals surface area (Å²) in [5.74, 6) is 1.29. The molecule has 6 heteroatoms. The maximum atomic E-state index is 12.5. The number of carbonyl (C=O) groups excluding carboxylic acids is 1. The number of nitrogens with one attached hydrogen (secondary N) is 1. The Bertz CT molecular complexity index is 702. The molecular weight excluding hydrogens is 320 g/mol. The van der Waals surface area contributed by atoms with Crippen LogP contribution in [0.5, 0.6) is 0 Å². The maximum Gasteiger partial charge on any atom is 0.293 e. The third-order valence-electron chi connectivity index (χ3n) is 2.99. The van der Waals surface area contributed by atoms with Crippen molar-refractivity contribution in [1.29, 1.82) is 0 Å². The lowest BCUT2D eigenvalue weighted by atomic mass is 10.2. The summed E-state index contributed by atoms with van der Waals surface area (Å²) in [6.45, 7) is 0.512. The monoisotopic (exact) mass is 332 g/mol. The summed E-state index contributed by atoms with van der Waals surface area (Å²) < 4.78 is 5.60. The number of anilines is 1. The van der Waals surface area contributed by atoms with Crippen molar-refractivity contribution in [2.75, 3.05) is 17.7 Å². The number of rotatable bonds is 3. The van der Waals surface area contributed by atoms with Crippen molar-refractivity contribution in [2.45, 2.75) is 0 Å². The summed E-state index contributed by atoms with van der Waals surface area (Å²) in [7, 11) is 0. The van der Waals surface area contributed by atoms with Crippen LogP contribution in [0.15, 0.2) is 54.4 Å². The second-order valence-electron chi connectivity index (χ2n) is 4.54. The Kier molecular flexibility index (Phi) is 4.65. The molecule has 1 amide bonds. The van der Waals surface area contributed by atoms with E-state index in [1.165, 1.54) is 6.20 Å². The van der Waals surface area contributed by atoms with Gasteiger partial charge in [-0.25, -0.2) is 4.98 Å². The minimum Gasteiger partial charge on any atom is -0.486 e. The quantitative estimate of drug-likeness (QED) is 0.928. The third kappa shape index (κ3) is 3.43. The lowest BCUT2D eigenvalue weighted by molar-refractivity contribution is -0.115. The number of halogens is 1. The molecule has 1 aliphatic rings. The highest BCUT2D eigenvalue weighted by molar-refractivity contribution is 8.08. The number of ether oxygens (including phenoxy) is 1. The van der Waals surface area contributed by atoms with Crippen molar-refractivity contribution in [3.63, 3.8) is 0 Å². The summed E-state index contributed by atoms with van der Waals surface area (Å²) in [6, 6.07) is 13.1. The Morgan fingerprint density at radius 1 is 1.23 bits per heavy atom. The molecule has 1 aliphatic heterocycles. The van der Waals surface area contributed by atoms with Crippen molar-refractivity contribution in [1.82, 2.24) is 4.98 Å². The molecule has 1 N–H and O–H groups in total. The first-order chi connectivity index (χ1) is 10.7. The molecule has 0 saturated carbocycles. The van der Waals surface area contributed by atoms with Gasteiger partial charge in [0, 0.05) is 11.9 Å². The fraction of sp³-hybridized carbons (Fsp3) is 0.125. The fourth-order valence-corrected chi connectivity index (χ4v) is 3.08. The lowest BCUT2D eigenvalue weighted by Gasteiger charge is -2.20. The van der Waals surface area contributed by atoms with Crippen LogP contribution in [0.25, 0.3) is 4.91 Å². The number of hydrogen-bond donors (Lipinski definition) is 1. The summed E-state index contributed by atoms with van der Waals surface area (Å²) in [5.41, 5.74) is 0.974. The molecule has 0 spiro atoms. The maximum absolute atomic E-state index is 12.5. The van der Waals surface area contributed by atoms with E-state index in [-0.39, 0.29) is 5.91 Å². The first kappa shape index (κ1) is 14.9. The van der Waals surface area contributed by atoms with Crippen molar-refractivity contribution in [2.24, 2.45) is 0 Å². The van der Waals surface area contributed by atoms with Crippen molar-refractivity contribution in [3.8, 4) is 0 Å². The van der Waals surface area contributed by atoms with E-state index in [1.807, 2.05) is 30.3 Å². The number of carbonyl (C=O) groups is 1. The number of aromatic nitrogens is 1. The second kappa shape index (κ2) is 6.85. The smallest absolute Gasteiger partial charge is 0.293 e. The van der Waals surface area contributed by atoms with E-state index >= 15 is 0 Å². The van der Waals surface area contributed by atoms with Gasteiger partial charge in [0.15, 0.2) is 5.76 Å². The molecular formula is C16H13ClN2O2S. The zero-order valence-electron chi connectivity index (χ0n) is 11.6. The molecule has 0 atom stereocenters. The van der Waals surface area contributed by atoms with Crippen LogP contribution in [0.1, 0.15) is 5.56 Å². The summed E-state index contributed by atoms with van der Waals surface area (Å²) >= 11 is 7.41. The van der Waals surface area contributed by atoms with Gasteiger partial charge in [-0.1, -0.05) is 41.9 Å². The van der Waals surface area contributed by atoms with Crippen LogP contribution in [0, 0.1) is 0 Å². The molecule has 2 aromatic rings. The molecule has 0 radical (unpaired) electrons. The van der Waals surface area contributed by atoms with E-state index in [1.54, 1.807) is 23.9 Å². The topological polar surface area (TPSA) is 51.2 Å². The molecule has 3 rings (SSSR count).